The van der Waals surface area contributed by atoms with Gasteiger partial charge >= 0.3 is 0 Å². The molecule has 0 spiro atoms. The Bertz CT molecular complexity index is 257. The van der Waals surface area contributed by atoms with Gasteiger partial charge in [0.15, 0.2) is 0 Å². The van der Waals surface area contributed by atoms with Gasteiger partial charge < -0.3 is 9.84 Å². The van der Waals surface area contributed by atoms with E-state index in [9.17, 15) is 5.11 Å². The molecule has 2 rings (SSSR count). The standard InChI is InChI=1S/C12H18O2/c1-2-10-5-3-4-7-12(10,13)11-6-8-14-9-11/h2,6,10,13H,1,3-5,7-9H2/t10-,12-/m0/s1. The fourth-order valence-electron chi connectivity index (χ4n) is 2.58. The number of ether oxygens (including phenoxy) is 1. The average Bonchev–Trinajstić information content (AvgIpc) is 2.72. The number of aliphatic hydroxyl groups is 1. The van der Waals surface area contributed by atoms with Crippen LogP contribution >= 0.6 is 0 Å². The Hall–Kier alpha value is -0.600. The maximum Gasteiger partial charge on any atom is 0.0941 e. The van der Waals surface area contributed by atoms with Gasteiger partial charge in [0.25, 0.3) is 0 Å². The van der Waals surface area contributed by atoms with E-state index in [0.717, 1.165) is 24.8 Å². The molecule has 2 aliphatic rings. The molecule has 0 aromatic rings. The Labute approximate surface area is 85.3 Å². The van der Waals surface area contributed by atoms with Crippen molar-refractivity contribution in [1.29, 1.82) is 0 Å². The monoisotopic (exact) mass is 194 g/mol. The summed E-state index contributed by atoms with van der Waals surface area (Å²) < 4.78 is 5.28. The second kappa shape index (κ2) is 3.87. The van der Waals surface area contributed by atoms with E-state index in [1.165, 1.54) is 6.42 Å². The molecule has 2 atom stereocenters. The highest BCUT2D eigenvalue weighted by atomic mass is 16.5. The fourth-order valence-corrected chi connectivity index (χ4v) is 2.58. The van der Waals surface area contributed by atoms with Gasteiger partial charge in [-0.3, -0.25) is 0 Å². The van der Waals surface area contributed by atoms with Crippen molar-refractivity contribution in [2.45, 2.75) is 31.3 Å². The van der Waals surface area contributed by atoms with Crippen molar-refractivity contribution in [3.05, 3.63) is 24.3 Å². The van der Waals surface area contributed by atoms with E-state index in [-0.39, 0.29) is 5.92 Å². The second-order valence-corrected chi connectivity index (χ2v) is 4.26. The summed E-state index contributed by atoms with van der Waals surface area (Å²) in [5, 5.41) is 10.6. The van der Waals surface area contributed by atoms with Crippen LogP contribution in [0.3, 0.4) is 0 Å². The van der Waals surface area contributed by atoms with Crippen LogP contribution in [-0.4, -0.2) is 23.9 Å². The van der Waals surface area contributed by atoms with Gasteiger partial charge in [-0.05, 0) is 18.4 Å². The quantitative estimate of drug-likeness (QED) is 0.682. The van der Waals surface area contributed by atoms with Gasteiger partial charge in [0.05, 0.1) is 18.8 Å². The molecule has 1 aliphatic heterocycles. The topological polar surface area (TPSA) is 29.5 Å². The van der Waals surface area contributed by atoms with E-state index in [1.807, 2.05) is 12.2 Å². The molecule has 1 aliphatic carbocycles. The zero-order valence-electron chi connectivity index (χ0n) is 8.54. The molecule has 2 nitrogen and oxygen atoms in total. The molecule has 1 fully saturated rings. The smallest absolute Gasteiger partial charge is 0.0941 e. The largest absolute Gasteiger partial charge is 0.385 e. The summed E-state index contributed by atoms with van der Waals surface area (Å²) in [4.78, 5) is 0. The van der Waals surface area contributed by atoms with Crippen LogP contribution in [-0.2, 0) is 4.74 Å². The van der Waals surface area contributed by atoms with Gasteiger partial charge in [0, 0.05) is 5.92 Å². The minimum Gasteiger partial charge on any atom is -0.385 e. The molecule has 0 unspecified atom stereocenters. The zero-order chi connectivity index (χ0) is 10.0. The first kappa shape index (κ1) is 9.94. The SMILES string of the molecule is C=C[C@H]1CCCC[C@@]1(O)C1=CCOC1. The maximum absolute atomic E-state index is 10.6. The van der Waals surface area contributed by atoms with Crippen molar-refractivity contribution in [3.8, 4) is 0 Å². The van der Waals surface area contributed by atoms with Crippen LogP contribution in [0.15, 0.2) is 24.3 Å². The van der Waals surface area contributed by atoms with Crippen LogP contribution in [0.4, 0.5) is 0 Å². The lowest BCUT2D eigenvalue weighted by Gasteiger charge is -2.39. The lowest BCUT2D eigenvalue weighted by molar-refractivity contribution is -0.00237. The van der Waals surface area contributed by atoms with Gasteiger partial charge in [-0.25, -0.2) is 0 Å². The molecule has 14 heavy (non-hydrogen) atoms. The minimum atomic E-state index is -0.656. The van der Waals surface area contributed by atoms with Gasteiger partial charge in [-0.1, -0.05) is 25.0 Å². The van der Waals surface area contributed by atoms with Crippen LogP contribution in [0.2, 0.25) is 0 Å². The predicted molar refractivity (Wildman–Crippen MR) is 56.0 cm³/mol. The average molecular weight is 194 g/mol. The molecule has 0 bridgehead atoms. The van der Waals surface area contributed by atoms with Crippen molar-refractivity contribution >= 4 is 0 Å². The Balaban J connectivity index is 2.21. The second-order valence-electron chi connectivity index (χ2n) is 4.26. The summed E-state index contributed by atoms with van der Waals surface area (Å²) in [5.74, 6) is 0.212. The Morgan fingerprint density at radius 3 is 3.07 bits per heavy atom. The van der Waals surface area contributed by atoms with E-state index < -0.39 is 5.60 Å². The van der Waals surface area contributed by atoms with Crippen LogP contribution in [0.5, 0.6) is 0 Å². The normalized spacial score (nSPS) is 38.1. The molecule has 1 N–H and O–H groups in total. The van der Waals surface area contributed by atoms with E-state index in [2.05, 4.69) is 6.58 Å². The summed E-state index contributed by atoms with van der Waals surface area (Å²) in [5.41, 5.74) is 0.415. The van der Waals surface area contributed by atoms with Gasteiger partial charge in [0.1, 0.15) is 0 Å². The Kier molecular flexibility index (Phi) is 2.75. The van der Waals surface area contributed by atoms with Gasteiger partial charge in [-0.15, -0.1) is 6.58 Å². The Morgan fingerprint density at radius 2 is 2.43 bits per heavy atom. The molecule has 78 valence electrons. The summed E-state index contributed by atoms with van der Waals surface area (Å²) >= 11 is 0. The number of hydrogen-bond donors (Lipinski definition) is 1. The molecule has 0 aromatic heterocycles. The lowest BCUT2D eigenvalue weighted by Crippen LogP contribution is -2.42. The minimum absolute atomic E-state index is 0.212. The van der Waals surface area contributed by atoms with Crippen molar-refractivity contribution < 1.29 is 9.84 Å². The van der Waals surface area contributed by atoms with E-state index in [4.69, 9.17) is 4.74 Å². The summed E-state index contributed by atoms with van der Waals surface area (Å²) in [6, 6.07) is 0. The van der Waals surface area contributed by atoms with Crippen LogP contribution in [0.25, 0.3) is 0 Å². The van der Waals surface area contributed by atoms with E-state index in [0.29, 0.717) is 13.2 Å². The first-order valence-electron chi connectivity index (χ1n) is 5.39. The molecule has 0 radical (unpaired) electrons. The summed E-state index contributed by atoms with van der Waals surface area (Å²) in [6.45, 7) is 5.08. The molecule has 1 heterocycles. The summed E-state index contributed by atoms with van der Waals surface area (Å²) in [7, 11) is 0. The highest BCUT2D eigenvalue weighted by molar-refractivity contribution is 5.24. The molecule has 1 saturated carbocycles. The molecular weight excluding hydrogens is 176 g/mol. The number of rotatable bonds is 2. The molecule has 0 amide bonds. The molecule has 2 heteroatoms. The highest BCUT2D eigenvalue weighted by Gasteiger charge is 2.41. The summed E-state index contributed by atoms with van der Waals surface area (Å²) in [6.07, 6.45) is 8.15. The first-order valence-corrected chi connectivity index (χ1v) is 5.39. The predicted octanol–water partition coefficient (Wildman–Crippen LogP) is 2.05. The van der Waals surface area contributed by atoms with Gasteiger partial charge in [0.2, 0.25) is 0 Å². The van der Waals surface area contributed by atoms with Crippen molar-refractivity contribution in [2.24, 2.45) is 5.92 Å². The Morgan fingerprint density at radius 1 is 1.57 bits per heavy atom. The zero-order valence-corrected chi connectivity index (χ0v) is 8.54. The van der Waals surface area contributed by atoms with E-state index in [1.54, 1.807) is 0 Å². The van der Waals surface area contributed by atoms with Crippen molar-refractivity contribution in [2.75, 3.05) is 13.2 Å². The molecule has 0 saturated heterocycles. The number of hydrogen-bond acceptors (Lipinski definition) is 2. The van der Waals surface area contributed by atoms with Gasteiger partial charge in [-0.2, -0.15) is 0 Å². The van der Waals surface area contributed by atoms with Crippen LogP contribution < -0.4 is 0 Å². The maximum atomic E-state index is 10.6. The van der Waals surface area contributed by atoms with Crippen molar-refractivity contribution in [3.63, 3.8) is 0 Å². The fraction of sp³-hybridized carbons (Fsp3) is 0.667. The molecule has 0 aromatic carbocycles. The third-order valence-corrected chi connectivity index (χ3v) is 3.48. The lowest BCUT2D eigenvalue weighted by atomic mass is 9.71. The first-order chi connectivity index (χ1) is 6.77. The van der Waals surface area contributed by atoms with Crippen molar-refractivity contribution in [1.82, 2.24) is 0 Å². The third-order valence-electron chi connectivity index (χ3n) is 3.48. The van der Waals surface area contributed by atoms with Crippen LogP contribution in [0, 0.1) is 5.92 Å². The molecular formula is C12H18O2. The third kappa shape index (κ3) is 1.53. The highest BCUT2D eigenvalue weighted by Crippen LogP contribution is 2.40. The van der Waals surface area contributed by atoms with Crippen LogP contribution in [0.1, 0.15) is 25.7 Å². The van der Waals surface area contributed by atoms with E-state index >= 15 is 0 Å².